The minimum atomic E-state index is -1.62. The van der Waals surface area contributed by atoms with Gasteiger partial charge in [-0.25, -0.2) is 0 Å². The number of carbonyl (C=O) groups excluding carboxylic acids is 2. The first-order chi connectivity index (χ1) is 40.7. The molecule has 11 nitrogen and oxygen atoms in total. The third kappa shape index (κ3) is 46.5. The topological polar surface area (TPSA) is 175 Å². The highest BCUT2D eigenvalue weighted by molar-refractivity contribution is 5.80. The first kappa shape index (κ1) is 77.6. The van der Waals surface area contributed by atoms with Crippen LogP contribution < -0.4 is 5.32 Å². The number of esters is 1. The van der Waals surface area contributed by atoms with Gasteiger partial charge in [-0.15, -0.1) is 0 Å². The number of carbonyl (C=O) groups is 2. The number of aliphatic hydroxyl groups is 5. The zero-order valence-corrected chi connectivity index (χ0v) is 53.0. The van der Waals surface area contributed by atoms with Crippen molar-refractivity contribution in [1.82, 2.24) is 5.32 Å². The summed E-state index contributed by atoms with van der Waals surface area (Å²) >= 11 is 0. The van der Waals surface area contributed by atoms with Gasteiger partial charge in [0, 0.05) is 6.42 Å². The molecule has 11 heteroatoms. The Balaban J connectivity index is 2.65. The van der Waals surface area contributed by atoms with Crippen LogP contribution in [0.4, 0.5) is 0 Å². The van der Waals surface area contributed by atoms with E-state index in [0.29, 0.717) is 12.8 Å². The molecule has 0 saturated carbocycles. The van der Waals surface area contributed by atoms with Crippen molar-refractivity contribution < 1.29 is 49.3 Å². The number of allylic oxidation sites excluding steroid dienone is 15. The monoisotopic (exact) mass is 1160 g/mol. The Hall–Kier alpha value is -3.42. The molecule has 1 aliphatic heterocycles. The highest BCUT2D eigenvalue weighted by atomic mass is 16.7. The Bertz CT molecular complexity index is 1720. The lowest BCUT2D eigenvalue weighted by atomic mass is 9.99. The predicted molar refractivity (Wildman–Crippen MR) is 347 cm³/mol. The first-order valence-electron chi connectivity index (χ1n) is 34.0. The van der Waals surface area contributed by atoms with Crippen LogP contribution in [0.1, 0.15) is 284 Å². The van der Waals surface area contributed by atoms with Crippen LogP contribution >= 0.6 is 0 Å². The summed E-state index contributed by atoms with van der Waals surface area (Å²) in [5, 5.41) is 57.2. The number of rotatable bonds is 57. The lowest BCUT2D eigenvalue weighted by Gasteiger charge is -2.41. The molecule has 0 aromatic rings. The summed E-state index contributed by atoms with van der Waals surface area (Å²) in [6.07, 6.45) is 68.6. The third-order valence-electron chi connectivity index (χ3n) is 15.5. The maximum atomic E-state index is 13.5. The summed E-state index contributed by atoms with van der Waals surface area (Å²) < 4.78 is 17.7. The van der Waals surface area contributed by atoms with E-state index < -0.39 is 67.4 Å². The Kier molecular flexibility index (Phi) is 55.1. The van der Waals surface area contributed by atoms with E-state index in [0.717, 1.165) is 128 Å². The number of hydrogen-bond donors (Lipinski definition) is 6. The molecular formula is C72H125NO10. The predicted octanol–water partition coefficient (Wildman–Crippen LogP) is 17.1. The molecule has 8 unspecified atom stereocenters. The van der Waals surface area contributed by atoms with Gasteiger partial charge in [0.15, 0.2) is 12.4 Å². The number of amides is 1. The smallest absolute Gasteiger partial charge is 0.306 e. The number of aliphatic hydroxyl groups excluding tert-OH is 5. The summed E-state index contributed by atoms with van der Waals surface area (Å²) in [5.41, 5.74) is 0. The molecule has 1 saturated heterocycles. The van der Waals surface area contributed by atoms with Gasteiger partial charge >= 0.3 is 5.97 Å². The molecule has 1 rings (SSSR count). The molecule has 1 fully saturated rings. The zero-order valence-electron chi connectivity index (χ0n) is 53.0. The number of ether oxygens (including phenoxy) is 3. The largest absolute Gasteiger partial charge is 0.454 e. The summed E-state index contributed by atoms with van der Waals surface area (Å²) in [6.45, 7) is 5.66. The average Bonchev–Trinajstić information content (AvgIpc) is 3.54. The lowest BCUT2D eigenvalue weighted by molar-refractivity contribution is -0.305. The van der Waals surface area contributed by atoms with Crippen LogP contribution in [0.15, 0.2) is 97.2 Å². The van der Waals surface area contributed by atoms with Crippen molar-refractivity contribution in [2.24, 2.45) is 0 Å². The highest BCUT2D eigenvalue weighted by Gasteiger charge is 2.47. The van der Waals surface area contributed by atoms with E-state index in [1.54, 1.807) is 6.08 Å². The van der Waals surface area contributed by atoms with Gasteiger partial charge in [-0.05, 0) is 103 Å². The Morgan fingerprint density at radius 3 is 1.33 bits per heavy atom. The van der Waals surface area contributed by atoms with Gasteiger partial charge in [-0.2, -0.15) is 0 Å². The molecule has 1 heterocycles. The molecule has 0 aromatic heterocycles. The molecule has 1 amide bonds. The number of nitrogens with one attached hydrogen (secondary N) is 1. The number of unbranched alkanes of at least 4 members (excludes halogenated alkanes) is 29. The fourth-order valence-electron chi connectivity index (χ4n) is 10.1. The number of hydrogen-bond acceptors (Lipinski definition) is 10. The average molecular weight is 1160 g/mol. The Morgan fingerprint density at radius 1 is 0.482 bits per heavy atom. The molecule has 0 radical (unpaired) electrons. The van der Waals surface area contributed by atoms with Crippen molar-refractivity contribution in [1.29, 1.82) is 0 Å². The van der Waals surface area contributed by atoms with Gasteiger partial charge in [-0.3, -0.25) is 9.59 Å². The quantitative estimate of drug-likeness (QED) is 0.0195. The maximum absolute atomic E-state index is 13.5. The van der Waals surface area contributed by atoms with Crippen molar-refractivity contribution in [3.8, 4) is 0 Å². The summed E-state index contributed by atoms with van der Waals surface area (Å²) in [7, 11) is 0. The summed E-state index contributed by atoms with van der Waals surface area (Å²) in [5.74, 6) is -1.21. The van der Waals surface area contributed by atoms with Crippen molar-refractivity contribution >= 4 is 11.9 Å². The fourth-order valence-corrected chi connectivity index (χ4v) is 10.1. The third-order valence-corrected chi connectivity index (χ3v) is 15.5. The zero-order chi connectivity index (χ0) is 60.3. The first-order valence-corrected chi connectivity index (χ1v) is 34.0. The van der Waals surface area contributed by atoms with Crippen molar-refractivity contribution in [3.05, 3.63) is 97.2 Å². The standard InChI is InChI=1S/C72H125NO10/c1-4-7-10-13-16-19-22-25-27-29-31-32-33-35-36-38-41-44-47-50-53-56-59-65(76)71(80)73-63(64(75)58-55-52-49-46-43-40-24-21-18-15-12-9-6-3)62-81-72-70(69(79)68(78)66(61-74)82-72)83-67(77)60-57-54-51-48-45-42-39-37-34-30-28-26-23-20-17-14-11-8-5-2/h7,10,16-17,19-20,25-28,31-32,35-36,55,58,63-66,68-70,72,74-76,78-79H,4-6,8-9,11-15,18,21-24,29-30,33-34,37-54,56-57,59-62H2,1-3H3,(H,73,80)/b10-7-,19-16-,20-17-,27-25-,28-26-,32-31-,36-35-,58-55+. The van der Waals surface area contributed by atoms with E-state index in [-0.39, 0.29) is 19.4 Å². The van der Waals surface area contributed by atoms with Crippen LogP contribution in [0.2, 0.25) is 0 Å². The molecule has 8 atom stereocenters. The van der Waals surface area contributed by atoms with Crippen LogP contribution in [0.25, 0.3) is 0 Å². The molecular weight excluding hydrogens is 1040 g/mol. The van der Waals surface area contributed by atoms with Gasteiger partial charge in [0.25, 0.3) is 0 Å². The van der Waals surface area contributed by atoms with Crippen LogP contribution in [-0.2, 0) is 23.8 Å². The summed E-state index contributed by atoms with van der Waals surface area (Å²) in [6, 6.07) is -1.04. The van der Waals surface area contributed by atoms with Gasteiger partial charge in [0.1, 0.15) is 24.4 Å². The normalized spacial score (nSPS) is 19.2. The Labute approximate surface area is 507 Å². The van der Waals surface area contributed by atoms with Gasteiger partial charge < -0.3 is 45.1 Å². The van der Waals surface area contributed by atoms with Crippen LogP contribution in [0, 0.1) is 0 Å². The molecule has 6 N–H and O–H groups in total. The second-order valence-corrected chi connectivity index (χ2v) is 23.2. The molecule has 0 aliphatic carbocycles. The minimum absolute atomic E-state index is 0.114. The van der Waals surface area contributed by atoms with Crippen molar-refractivity contribution in [2.75, 3.05) is 13.2 Å². The molecule has 0 aromatic carbocycles. The molecule has 0 bridgehead atoms. The van der Waals surface area contributed by atoms with E-state index in [9.17, 15) is 35.1 Å². The maximum Gasteiger partial charge on any atom is 0.306 e. The molecule has 83 heavy (non-hydrogen) atoms. The van der Waals surface area contributed by atoms with E-state index in [2.05, 4.69) is 111 Å². The van der Waals surface area contributed by atoms with Crippen molar-refractivity contribution in [2.45, 2.75) is 333 Å². The van der Waals surface area contributed by atoms with E-state index in [1.807, 2.05) is 6.08 Å². The van der Waals surface area contributed by atoms with E-state index >= 15 is 0 Å². The van der Waals surface area contributed by atoms with E-state index in [1.165, 1.54) is 109 Å². The lowest BCUT2D eigenvalue weighted by Crippen LogP contribution is -2.61. The van der Waals surface area contributed by atoms with Crippen LogP contribution in [0.5, 0.6) is 0 Å². The second kappa shape index (κ2) is 58.9. The molecule has 0 spiro atoms. The fraction of sp³-hybridized carbons (Fsp3) is 0.750. The van der Waals surface area contributed by atoms with Gasteiger partial charge in [-0.1, -0.05) is 272 Å². The minimum Gasteiger partial charge on any atom is -0.454 e. The van der Waals surface area contributed by atoms with Gasteiger partial charge in [0.05, 0.1) is 25.4 Å². The van der Waals surface area contributed by atoms with Crippen molar-refractivity contribution in [3.63, 3.8) is 0 Å². The Morgan fingerprint density at radius 2 is 0.867 bits per heavy atom. The highest BCUT2D eigenvalue weighted by Crippen LogP contribution is 2.26. The van der Waals surface area contributed by atoms with Crippen LogP contribution in [0.3, 0.4) is 0 Å². The second-order valence-electron chi connectivity index (χ2n) is 23.2. The SMILES string of the molecule is CC/C=C\C/C=C\C/C=C\C/C=C\C/C=C\CCCCCCCCC(O)C(=O)NC(COC1OC(CO)C(O)C(O)C1OC(=O)CCCCCCCCCCC/C=C\C/C=C\CCCCC)C(O)/C=C/CCCCCCCCCCCCC. The summed E-state index contributed by atoms with van der Waals surface area (Å²) in [4.78, 5) is 26.7. The molecule has 1 aliphatic rings. The van der Waals surface area contributed by atoms with Crippen LogP contribution in [-0.4, -0.2) is 99.6 Å². The van der Waals surface area contributed by atoms with E-state index in [4.69, 9.17) is 14.2 Å². The van der Waals surface area contributed by atoms with Gasteiger partial charge in [0.2, 0.25) is 5.91 Å². The molecule has 478 valence electrons.